The second kappa shape index (κ2) is 7.67. The lowest BCUT2D eigenvalue weighted by Gasteiger charge is -2.38. The molecule has 1 amide bonds. The van der Waals surface area contributed by atoms with Gasteiger partial charge in [-0.15, -0.1) is 0 Å². The average Bonchev–Trinajstić information content (AvgIpc) is 2.52. The third-order valence-electron chi connectivity index (χ3n) is 4.29. The van der Waals surface area contributed by atoms with Crippen molar-refractivity contribution in [2.75, 3.05) is 37.0 Å². The normalized spacial score (nSPS) is 21.0. The number of hydrogen-bond donors (Lipinski definition) is 1. The number of piperidine rings is 1. The van der Waals surface area contributed by atoms with Gasteiger partial charge >= 0.3 is 12.1 Å². The number of anilines is 2. The topological polar surface area (TPSA) is 61.4 Å². The zero-order valence-corrected chi connectivity index (χ0v) is 15.8. The molecule has 6 nitrogen and oxygen atoms in total. The highest BCUT2D eigenvalue weighted by atomic mass is 19.4. The second-order valence-electron chi connectivity index (χ2n) is 7.41. The van der Waals surface area contributed by atoms with Crippen molar-refractivity contribution in [1.29, 1.82) is 0 Å². The third kappa shape index (κ3) is 4.98. The molecule has 1 aromatic heterocycles. The summed E-state index contributed by atoms with van der Waals surface area (Å²) in [5.74, 6) is -0.345. The van der Waals surface area contributed by atoms with Gasteiger partial charge in [0.1, 0.15) is 5.82 Å². The molecule has 2 atom stereocenters. The van der Waals surface area contributed by atoms with Crippen molar-refractivity contribution >= 4 is 17.7 Å². The summed E-state index contributed by atoms with van der Waals surface area (Å²) in [4.78, 5) is 24.1. The summed E-state index contributed by atoms with van der Waals surface area (Å²) in [6, 6.07) is 1.30. The van der Waals surface area contributed by atoms with Crippen LogP contribution in [0, 0.1) is 5.92 Å². The highest BCUT2D eigenvalue weighted by Gasteiger charge is 2.40. The minimum Gasteiger partial charge on any atom is -0.354 e. The predicted octanol–water partition coefficient (Wildman–Crippen LogP) is 2.56. The molecule has 0 saturated carbocycles. The third-order valence-corrected chi connectivity index (χ3v) is 4.29. The highest BCUT2D eigenvalue weighted by molar-refractivity contribution is 5.82. The summed E-state index contributed by atoms with van der Waals surface area (Å²) < 4.78 is 37.7. The molecule has 2 heterocycles. The maximum absolute atomic E-state index is 12.6. The lowest BCUT2D eigenvalue weighted by Crippen LogP contribution is -2.53. The van der Waals surface area contributed by atoms with Crippen LogP contribution in [0.5, 0.6) is 0 Å². The Kier molecular flexibility index (Phi) is 5.98. The van der Waals surface area contributed by atoms with Gasteiger partial charge in [0.25, 0.3) is 0 Å². The van der Waals surface area contributed by atoms with Crippen LogP contribution in [0.1, 0.15) is 38.8 Å². The van der Waals surface area contributed by atoms with Crippen LogP contribution >= 0.6 is 0 Å². The largest absolute Gasteiger partial charge is 0.471 e. The van der Waals surface area contributed by atoms with Crippen LogP contribution in [0.2, 0.25) is 0 Å². The number of nitrogens with zero attached hydrogens (tertiary/aromatic N) is 4. The summed E-state index contributed by atoms with van der Waals surface area (Å²) in [6.45, 7) is 6.96. The first-order chi connectivity index (χ1) is 12.0. The molecule has 1 saturated heterocycles. The summed E-state index contributed by atoms with van der Waals surface area (Å²) in [5.41, 5.74) is 0.868. The Hall–Kier alpha value is -2.06. The fourth-order valence-corrected chi connectivity index (χ4v) is 3.01. The highest BCUT2D eigenvalue weighted by Crippen LogP contribution is 2.26. The van der Waals surface area contributed by atoms with Crippen molar-refractivity contribution in [2.24, 2.45) is 5.92 Å². The van der Waals surface area contributed by atoms with Gasteiger partial charge in [-0.05, 0) is 18.3 Å². The van der Waals surface area contributed by atoms with Crippen molar-refractivity contribution in [2.45, 2.75) is 45.3 Å². The van der Waals surface area contributed by atoms with E-state index in [0.29, 0.717) is 24.7 Å². The first-order valence-corrected chi connectivity index (χ1v) is 8.66. The molecule has 0 radical (unpaired) electrons. The van der Waals surface area contributed by atoms with Crippen molar-refractivity contribution in [3.05, 3.63) is 11.8 Å². The standard InChI is InChI=1S/C17H26F3N5O/c1-10(2)13-7-14(23-16(22-13)24(4)5)25-8-11(3)6-12(9-25)21-15(26)17(18,19)20/h7,10-12H,6,8-9H2,1-5H3,(H,21,26). The van der Waals surface area contributed by atoms with E-state index in [1.165, 1.54) is 0 Å². The fourth-order valence-electron chi connectivity index (χ4n) is 3.01. The molecule has 1 aromatic rings. The van der Waals surface area contributed by atoms with Gasteiger partial charge in [0.15, 0.2) is 0 Å². The number of nitrogens with one attached hydrogen (secondary N) is 1. The number of hydrogen-bond acceptors (Lipinski definition) is 5. The van der Waals surface area contributed by atoms with Gasteiger partial charge in [-0.3, -0.25) is 4.79 Å². The zero-order chi connectivity index (χ0) is 19.6. The van der Waals surface area contributed by atoms with Gasteiger partial charge in [-0.25, -0.2) is 4.98 Å². The Morgan fingerprint density at radius 1 is 1.31 bits per heavy atom. The quantitative estimate of drug-likeness (QED) is 0.879. The number of carbonyl (C=O) groups excluding carboxylic acids is 1. The number of rotatable bonds is 4. The van der Waals surface area contributed by atoms with Crippen LogP contribution in [-0.4, -0.2) is 55.3 Å². The average molecular weight is 373 g/mol. The maximum atomic E-state index is 12.6. The Bertz CT molecular complexity index is 622. The van der Waals surface area contributed by atoms with E-state index < -0.39 is 18.1 Å². The fraction of sp³-hybridized carbons (Fsp3) is 0.706. The molecule has 1 aliphatic heterocycles. The van der Waals surface area contributed by atoms with Crippen molar-refractivity contribution in [3.63, 3.8) is 0 Å². The van der Waals surface area contributed by atoms with E-state index in [-0.39, 0.29) is 18.4 Å². The number of amides is 1. The zero-order valence-electron chi connectivity index (χ0n) is 15.8. The number of aromatic nitrogens is 2. The van der Waals surface area contributed by atoms with Gasteiger partial charge in [-0.2, -0.15) is 18.2 Å². The lowest BCUT2D eigenvalue weighted by atomic mass is 9.95. The van der Waals surface area contributed by atoms with E-state index in [9.17, 15) is 18.0 Å². The molecule has 146 valence electrons. The first kappa shape index (κ1) is 20.3. The van der Waals surface area contributed by atoms with E-state index in [2.05, 4.69) is 15.3 Å². The summed E-state index contributed by atoms with van der Waals surface area (Å²) in [5, 5.41) is 2.10. The van der Waals surface area contributed by atoms with Gasteiger partial charge in [0, 0.05) is 39.3 Å². The summed E-state index contributed by atoms with van der Waals surface area (Å²) in [7, 11) is 3.68. The van der Waals surface area contributed by atoms with Gasteiger partial charge in [-0.1, -0.05) is 20.8 Å². The van der Waals surface area contributed by atoms with Crippen molar-refractivity contribution in [3.8, 4) is 0 Å². The van der Waals surface area contributed by atoms with Gasteiger partial charge in [0.2, 0.25) is 5.95 Å². The minimum atomic E-state index is -4.87. The Morgan fingerprint density at radius 2 is 1.96 bits per heavy atom. The SMILES string of the molecule is CC1CC(NC(=O)C(F)(F)F)CN(c2cc(C(C)C)nc(N(C)C)n2)C1. The van der Waals surface area contributed by atoms with Crippen LogP contribution in [-0.2, 0) is 4.79 Å². The molecule has 0 bridgehead atoms. The molecule has 1 aliphatic rings. The molecule has 26 heavy (non-hydrogen) atoms. The number of carbonyl (C=O) groups is 1. The second-order valence-corrected chi connectivity index (χ2v) is 7.41. The number of halogens is 3. The summed E-state index contributed by atoms with van der Waals surface area (Å²) in [6.07, 6.45) is -4.37. The molecular weight excluding hydrogens is 347 g/mol. The molecule has 1 fully saturated rings. The van der Waals surface area contributed by atoms with Crippen LogP contribution in [0.15, 0.2) is 6.07 Å². The summed E-state index contributed by atoms with van der Waals surface area (Å²) >= 11 is 0. The van der Waals surface area contributed by atoms with Gasteiger partial charge in [0.05, 0.1) is 5.69 Å². The minimum absolute atomic E-state index is 0.127. The smallest absolute Gasteiger partial charge is 0.354 e. The Morgan fingerprint density at radius 3 is 2.50 bits per heavy atom. The number of alkyl halides is 3. The molecule has 1 N–H and O–H groups in total. The molecular formula is C17H26F3N5O. The van der Waals surface area contributed by atoms with Crippen LogP contribution < -0.4 is 15.1 Å². The Balaban J connectivity index is 2.25. The first-order valence-electron chi connectivity index (χ1n) is 8.66. The van der Waals surface area contributed by atoms with Crippen molar-refractivity contribution < 1.29 is 18.0 Å². The van der Waals surface area contributed by atoms with Gasteiger partial charge < -0.3 is 15.1 Å². The van der Waals surface area contributed by atoms with E-state index in [4.69, 9.17) is 0 Å². The molecule has 0 spiro atoms. The molecule has 2 unspecified atom stereocenters. The maximum Gasteiger partial charge on any atom is 0.471 e. The molecule has 0 aromatic carbocycles. The predicted molar refractivity (Wildman–Crippen MR) is 94.4 cm³/mol. The lowest BCUT2D eigenvalue weighted by molar-refractivity contribution is -0.174. The molecule has 9 heteroatoms. The van der Waals surface area contributed by atoms with Crippen LogP contribution in [0.3, 0.4) is 0 Å². The monoisotopic (exact) mass is 373 g/mol. The van der Waals surface area contributed by atoms with Crippen molar-refractivity contribution in [1.82, 2.24) is 15.3 Å². The molecule has 0 aliphatic carbocycles. The van der Waals surface area contributed by atoms with Crippen LogP contribution in [0.4, 0.5) is 24.9 Å². The Labute approximate surface area is 151 Å². The van der Waals surface area contributed by atoms with Crippen LogP contribution in [0.25, 0.3) is 0 Å². The van der Waals surface area contributed by atoms with E-state index in [1.54, 1.807) is 4.90 Å². The molecule has 2 rings (SSSR count). The van der Waals surface area contributed by atoms with E-state index in [0.717, 1.165) is 5.69 Å². The van der Waals surface area contributed by atoms with E-state index >= 15 is 0 Å². The van der Waals surface area contributed by atoms with E-state index in [1.807, 2.05) is 45.8 Å².